The monoisotopic (exact) mass is 351 g/mol. The average molecular weight is 351 g/mol. The molecular formula is C16H25N5O4. The summed E-state index contributed by atoms with van der Waals surface area (Å²) in [5.74, 6) is 0.181. The molecule has 0 saturated heterocycles. The summed E-state index contributed by atoms with van der Waals surface area (Å²) in [4.78, 5) is 42.8. The van der Waals surface area contributed by atoms with Crippen molar-refractivity contribution >= 4 is 17.1 Å². The van der Waals surface area contributed by atoms with Gasteiger partial charge in [0, 0.05) is 14.1 Å². The second kappa shape index (κ2) is 6.83. The molecule has 0 amide bonds. The van der Waals surface area contributed by atoms with Gasteiger partial charge in [0.15, 0.2) is 11.2 Å². The van der Waals surface area contributed by atoms with Crippen molar-refractivity contribution in [3.05, 3.63) is 26.7 Å². The first-order chi connectivity index (χ1) is 11.6. The molecule has 138 valence electrons. The van der Waals surface area contributed by atoms with Crippen LogP contribution in [-0.2, 0) is 30.2 Å². The molecule has 0 aromatic carbocycles. The fourth-order valence-electron chi connectivity index (χ4n) is 2.57. The highest BCUT2D eigenvalue weighted by Gasteiger charge is 2.38. The number of hydrogen-bond donors (Lipinski definition) is 2. The fraction of sp³-hybridized carbons (Fsp3) is 0.625. The number of carbonyl (C=O) groups excluding carboxylic acids is 1. The van der Waals surface area contributed by atoms with Crippen molar-refractivity contribution in [1.82, 2.24) is 24.4 Å². The summed E-state index contributed by atoms with van der Waals surface area (Å²) in [5, 5.41) is 3.19. The van der Waals surface area contributed by atoms with Crippen LogP contribution in [0.4, 0.5) is 0 Å². The zero-order chi connectivity index (χ0) is 18.9. The predicted molar refractivity (Wildman–Crippen MR) is 93.3 cm³/mol. The van der Waals surface area contributed by atoms with Gasteiger partial charge in [-0.05, 0) is 19.8 Å². The smallest absolute Gasteiger partial charge is 0.329 e. The summed E-state index contributed by atoms with van der Waals surface area (Å²) in [6.07, 6.45) is 0. The van der Waals surface area contributed by atoms with Crippen LogP contribution in [0.25, 0.3) is 11.2 Å². The van der Waals surface area contributed by atoms with E-state index in [0.717, 1.165) is 0 Å². The number of rotatable bonds is 6. The van der Waals surface area contributed by atoms with E-state index in [1.165, 1.54) is 4.57 Å². The summed E-state index contributed by atoms with van der Waals surface area (Å²) in [7, 11) is 3.24. The van der Waals surface area contributed by atoms with Crippen molar-refractivity contribution in [2.45, 2.75) is 39.8 Å². The number of aromatic nitrogens is 4. The van der Waals surface area contributed by atoms with E-state index in [2.05, 4.69) is 15.3 Å². The number of aromatic amines is 1. The van der Waals surface area contributed by atoms with Gasteiger partial charge in [-0.1, -0.05) is 13.8 Å². The lowest BCUT2D eigenvalue weighted by atomic mass is 9.88. The number of imidazole rings is 1. The molecule has 9 heteroatoms. The van der Waals surface area contributed by atoms with Crippen molar-refractivity contribution in [1.29, 1.82) is 0 Å². The molecule has 2 N–H and O–H groups in total. The van der Waals surface area contributed by atoms with E-state index in [4.69, 9.17) is 4.74 Å². The van der Waals surface area contributed by atoms with Gasteiger partial charge in [-0.2, -0.15) is 0 Å². The minimum Gasteiger partial charge on any atom is -0.465 e. The molecule has 25 heavy (non-hydrogen) atoms. The second-order valence-electron chi connectivity index (χ2n) is 6.51. The Hall–Kier alpha value is -2.42. The molecule has 0 fully saturated rings. The SMILES string of the molecule is CCOC(=O)[C@@](C)(NCc1nc2c(c(=O)[nH]c(=O)n2C)n1C)C(C)C. The topological polar surface area (TPSA) is 111 Å². The number of esters is 1. The summed E-state index contributed by atoms with van der Waals surface area (Å²) in [6.45, 7) is 7.93. The molecule has 0 bridgehead atoms. The van der Waals surface area contributed by atoms with Gasteiger partial charge >= 0.3 is 11.7 Å². The van der Waals surface area contributed by atoms with E-state index in [0.29, 0.717) is 23.6 Å². The van der Waals surface area contributed by atoms with Crippen LogP contribution in [0.1, 0.15) is 33.5 Å². The number of H-pyrrole nitrogens is 1. The second-order valence-corrected chi connectivity index (χ2v) is 6.51. The van der Waals surface area contributed by atoms with Crippen LogP contribution in [0.5, 0.6) is 0 Å². The largest absolute Gasteiger partial charge is 0.465 e. The molecule has 0 aliphatic carbocycles. The van der Waals surface area contributed by atoms with Crippen molar-refractivity contribution in [2.75, 3.05) is 6.61 Å². The Balaban J connectivity index is 2.41. The Morgan fingerprint density at radius 3 is 2.52 bits per heavy atom. The van der Waals surface area contributed by atoms with Crippen molar-refractivity contribution in [3.63, 3.8) is 0 Å². The maximum absolute atomic E-state index is 12.3. The lowest BCUT2D eigenvalue weighted by Crippen LogP contribution is -2.54. The number of nitrogens with one attached hydrogen (secondary N) is 2. The van der Waals surface area contributed by atoms with Crippen LogP contribution < -0.4 is 16.6 Å². The Morgan fingerprint density at radius 1 is 1.32 bits per heavy atom. The number of aryl methyl sites for hydroxylation is 2. The van der Waals surface area contributed by atoms with Gasteiger partial charge in [0.1, 0.15) is 11.4 Å². The standard InChI is InChI=1S/C16H25N5O4/c1-7-25-14(23)16(4,9(2)3)17-8-10-18-12-11(20(10)5)13(22)19-15(24)21(12)6/h9,17H,7-8H2,1-6H3,(H,19,22,24)/t16-/m0/s1. The highest BCUT2D eigenvalue weighted by molar-refractivity contribution is 5.80. The van der Waals surface area contributed by atoms with Gasteiger partial charge in [-0.3, -0.25) is 24.5 Å². The van der Waals surface area contributed by atoms with Crippen molar-refractivity contribution in [2.24, 2.45) is 20.0 Å². The number of fused-ring (bicyclic) bond motifs is 1. The van der Waals surface area contributed by atoms with E-state index in [-0.39, 0.29) is 18.4 Å². The van der Waals surface area contributed by atoms with E-state index in [9.17, 15) is 14.4 Å². The number of hydrogen-bond acceptors (Lipinski definition) is 6. The Kier molecular flexibility index (Phi) is 5.17. The van der Waals surface area contributed by atoms with Crippen LogP contribution in [-0.4, -0.2) is 37.2 Å². The number of nitrogens with zero attached hydrogens (tertiary/aromatic N) is 3. The minimum absolute atomic E-state index is 0.0195. The molecule has 1 atom stereocenters. The van der Waals surface area contributed by atoms with E-state index < -0.39 is 16.8 Å². The van der Waals surface area contributed by atoms with Crippen LogP contribution >= 0.6 is 0 Å². The van der Waals surface area contributed by atoms with Crippen molar-refractivity contribution < 1.29 is 9.53 Å². The van der Waals surface area contributed by atoms with Gasteiger partial charge < -0.3 is 9.30 Å². The van der Waals surface area contributed by atoms with E-state index >= 15 is 0 Å². The van der Waals surface area contributed by atoms with Gasteiger partial charge in [-0.15, -0.1) is 0 Å². The quantitative estimate of drug-likeness (QED) is 0.710. The number of carbonyl (C=O) groups is 1. The molecule has 0 unspecified atom stereocenters. The average Bonchev–Trinajstić information content (AvgIpc) is 2.87. The Labute approximate surface area is 145 Å². The van der Waals surface area contributed by atoms with Crippen molar-refractivity contribution in [3.8, 4) is 0 Å². The fourth-order valence-corrected chi connectivity index (χ4v) is 2.57. The lowest BCUT2D eigenvalue weighted by molar-refractivity contribution is -0.152. The number of ether oxygens (including phenoxy) is 1. The molecule has 9 nitrogen and oxygen atoms in total. The van der Waals surface area contributed by atoms with Gasteiger partial charge in [0.2, 0.25) is 0 Å². The normalized spacial score (nSPS) is 14.0. The van der Waals surface area contributed by atoms with Crippen LogP contribution in [0.2, 0.25) is 0 Å². The zero-order valence-corrected chi connectivity index (χ0v) is 15.5. The van der Waals surface area contributed by atoms with E-state index in [1.807, 2.05) is 13.8 Å². The Bertz CT molecular complexity index is 908. The molecule has 2 heterocycles. The highest BCUT2D eigenvalue weighted by atomic mass is 16.5. The molecule has 0 radical (unpaired) electrons. The predicted octanol–water partition coefficient (Wildman–Crippen LogP) is 0.0277. The first kappa shape index (κ1) is 18.9. The van der Waals surface area contributed by atoms with Crippen LogP contribution in [0, 0.1) is 5.92 Å². The van der Waals surface area contributed by atoms with Crippen LogP contribution in [0.15, 0.2) is 9.59 Å². The van der Waals surface area contributed by atoms with Gasteiger partial charge in [0.05, 0.1) is 13.2 Å². The molecule has 0 aliphatic rings. The van der Waals surface area contributed by atoms with E-state index in [1.54, 1.807) is 32.5 Å². The molecule has 2 rings (SSSR count). The molecule has 0 aliphatic heterocycles. The first-order valence-corrected chi connectivity index (χ1v) is 8.20. The third-order valence-electron chi connectivity index (χ3n) is 4.70. The summed E-state index contributed by atoms with van der Waals surface area (Å²) >= 11 is 0. The first-order valence-electron chi connectivity index (χ1n) is 8.20. The minimum atomic E-state index is -0.896. The molecule has 2 aromatic rings. The summed E-state index contributed by atoms with van der Waals surface area (Å²) in [5.41, 5.74) is -1.30. The summed E-state index contributed by atoms with van der Waals surface area (Å²) in [6, 6.07) is 0. The zero-order valence-electron chi connectivity index (χ0n) is 15.5. The maximum atomic E-state index is 12.3. The van der Waals surface area contributed by atoms with Gasteiger partial charge in [0.25, 0.3) is 5.56 Å². The Morgan fingerprint density at radius 2 is 1.96 bits per heavy atom. The molecule has 0 saturated carbocycles. The summed E-state index contributed by atoms with van der Waals surface area (Å²) < 4.78 is 8.07. The lowest BCUT2D eigenvalue weighted by Gasteiger charge is -2.32. The third kappa shape index (κ3) is 3.23. The molecule has 0 spiro atoms. The third-order valence-corrected chi connectivity index (χ3v) is 4.70. The highest BCUT2D eigenvalue weighted by Crippen LogP contribution is 2.20. The van der Waals surface area contributed by atoms with Crippen LogP contribution in [0.3, 0.4) is 0 Å². The molecule has 2 aromatic heterocycles. The maximum Gasteiger partial charge on any atom is 0.329 e. The molecular weight excluding hydrogens is 326 g/mol. The van der Waals surface area contributed by atoms with Gasteiger partial charge in [-0.25, -0.2) is 9.78 Å².